The molecule has 2 amide bonds. The van der Waals surface area contributed by atoms with Crippen LogP contribution in [0.1, 0.15) is 115 Å². The summed E-state index contributed by atoms with van der Waals surface area (Å²) in [6.45, 7) is 14.5. The van der Waals surface area contributed by atoms with Gasteiger partial charge in [0.15, 0.2) is 0 Å². The van der Waals surface area contributed by atoms with Gasteiger partial charge in [-0.1, -0.05) is 66.5 Å². The van der Waals surface area contributed by atoms with Gasteiger partial charge in [-0.25, -0.2) is 0 Å². The summed E-state index contributed by atoms with van der Waals surface area (Å²) >= 11 is 0. The van der Waals surface area contributed by atoms with E-state index in [4.69, 9.17) is 4.74 Å². The summed E-state index contributed by atoms with van der Waals surface area (Å²) < 4.78 is 6.16. The van der Waals surface area contributed by atoms with Gasteiger partial charge < -0.3 is 15.2 Å². The smallest absolute Gasteiger partial charge is 0.232 e. The fourth-order valence-electron chi connectivity index (χ4n) is 10.4. The summed E-state index contributed by atoms with van der Waals surface area (Å²) in [4.78, 5) is 28.7. The third-order valence-corrected chi connectivity index (χ3v) is 12.9. The van der Waals surface area contributed by atoms with Crippen molar-refractivity contribution in [1.82, 2.24) is 10.6 Å². The van der Waals surface area contributed by atoms with E-state index in [2.05, 4.69) is 70.4 Å². The second-order valence-corrected chi connectivity index (χ2v) is 16.0. The third-order valence-electron chi connectivity index (χ3n) is 12.9. The SMILES string of the molecule is CC(C)NCCOc1ccc2c(c1)[C@@]1(C)CCC[C@](C)(C(=O)NC(=O)[C@@]3(C)CCC[C@]4(C)c5cc(O)ccc5CC[C@@H]34)[C@@H]1CC2. The van der Waals surface area contributed by atoms with Crippen LogP contribution in [0.2, 0.25) is 0 Å². The molecule has 6 atom stereocenters. The van der Waals surface area contributed by atoms with E-state index < -0.39 is 10.8 Å². The monoisotopic (exact) mass is 614 g/mol. The highest BCUT2D eigenvalue weighted by atomic mass is 16.5. The average molecular weight is 615 g/mol. The van der Waals surface area contributed by atoms with E-state index in [9.17, 15) is 14.7 Å². The van der Waals surface area contributed by atoms with Crippen LogP contribution in [0.5, 0.6) is 11.5 Å². The highest BCUT2D eigenvalue weighted by Gasteiger charge is 2.58. The van der Waals surface area contributed by atoms with Gasteiger partial charge in [0.2, 0.25) is 11.8 Å². The molecule has 2 fully saturated rings. The van der Waals surface area contributed by atoms with Crippen LogP contribution in [0, 0.1) is 22.7 Å². The molecule has 0 saturated heterocycles. The lowest BCUT2D eigenvalue weighted by Gasteiger charge is -2.56. The summed E-state index contributed by atoms with van der Waals surface area (Å²) in [5.41, 5.74) is 3.51. The Bertz CT molecular complexity index is 1470. The van der Waals surface area contributed by atoms with Gasteiger partial charge in [0.1, 0.15) is 18.1 Å². The van der Waals surface area contributed by atoms with Crippen LogP contribution in [0.4, 0.5) is 0 Å². The van der Waals surface area contributed by atoms with Crippen LogP contribution < -0.4 is 15.4 Å². The zero-order valence-corrected chi connectivity index (χ0v) is 28.4. The van der Waals surface area contributed by atoms with Gasteiger partial charge in [0, 0.05) is 12.6 Å². The van der Waals surface area contributed by atoms with Crippen molar-refractivity contribution in [1.29, 1.82) is 0 Å². The Kier molecular flexibility index (Phi) is 8.37. The van der Waals surface area contributed by atoms with Gasteiger partial charge in [-0.3, -0.25) is 14.9 Å². The molecule has 2 saturated carbocycles. The number of rotatable bonds is 7. The summed E-state index contributed by atoms with van der Waals surface area (Å²) in [5.74, 6) is 1.23. The average Bonchev–Trinajstić information content (AvgIpc) is 2.99. The maximum atomic E-state index is 14.4. The van der Waals surface area contributed by atoms with Gasteiger partial charge in [0.25, 0.3) is 0 Å². The van der Waals surface area contributed by atoms with Gasteiger partial charge in [-0.15, -0.1) is 0 Å². The molecule has 0 unspecified atom stereocenters. The Labute approximate surface area is 270 Å². The van der Waals surface area contributed by atoms with Crippen LogP contribution in [-0.2, 0) is 33.3 Å². The van der Waals surface area contributed by atoms with E-state index in [0.717, 1.165) is 76.5 Å². The second-order valence-electron chi connectivity index (χ2n) is 16.0. The number of hydrogen-bond donors (Lipinski definition) is 3. The summed E-state index contributed by atoms with van der Waals surface area (Å²) in [5, 5.41) is 16.8. The molecule has 4 aliphatic carbocycles. The molecule has 0 aromatic heterocycles. The molecule has 0 spiro atoms. The topological polar surface area (TPSA) is 87.7 Å². The van der Waals surface area contributed by atoms with Crippen molar-refractivity contribution in [2.75, 3.05) is 13.2 Å². The first-order valence-electron chi connectivity index (χ1n) is 17.5. The van der Waals surface area contributed by atoms with Gasteiger partial charge >= 0.3 is 0 Å². The number of carbonyl (C=O) groups is 2. The van der Waals surface area contributed by atoms with Crippen molar-refractivity contribution in [3.05, 3.63) is 58.7 Å². The predicted molar refractivity (Wildman–Crippen MR) is 179 cm³/mol. The second kappa shape index (κ2) is 11.7. The van der Waals surface area contributed by atoms with E-state index >= 15 is 0 Å². The highest BCUT2D eigenvalue weighted by molar-refractivity contribution is 6.00. The fourth-order valence-corrected chi connectivity index (χ4v) is 10.4. The van der Waals surface area contributed by atoms with Crippen molar-refractivity contribution >= 4 is 11.8 Å². The third kappa shape index (κ3) is 5.39. The van der Waals surface area contributed by atoms with Gasteiger partial charge in [0.05, 0.1) is 10.8 Å². The van der Waals surface area contributed by atoms with Crippen molar-refractivity contribution < 1.29 is 19.4 Å². The lowest BCUT2D eigenvalue weighted by atomic mass is 9.49. The Balaban J connectivity index is 1.22. The van der Waals surface area contributed by atoms with Crippen LogP contribution in [0.3, 0.4) is 0 Å². The molecular formula is C39H54N2O4. The summed E-state index contributed by atoms with van der Waals surface area (Å²) in [6.07, 6.45) is 9.16. The molecule has 2 aromatic carbocycles. The number of phenols is 1. The largest absolute Gasteiger partial charge is 0.508 e. The van der Waals surface area contributed by atoms with E-state index in [1.165, 1.54) is 22.3 Å². The van der Waals surface area contributed by atoms with Gasteiger partial charge in [-0.2, -0.15) is 0 Å². The number of hydrogen-bond acceptors (Lipinski definition) is 5. The summed E-state index contributed by atoms with van der Waals surface area (Å²) in [7, 11) is 0. The van der Waals surface area contributed by atoms with Crippen LogP contribution in [0.25, 0.3) is 0 Å². The Morgan fingerprint density at radius 1 is 0.822 bits per heavy atom. The minimum absolute atomic E-state index is 0.0959. The van der Waals surface area contributed by atoms with E-state index in [1.807, 2.05) is 12.1 Å². The van der Waals surface area contributed by atoms with Crippen molar-refractivity contribution in [3.8, 4) is 11.5 Å². The molecular weight excluding hydrogens is 560 g/mol. The fraction of sp³-hybridized carbons (Fsp3) is 0.641. The van der Waals surface area contributed by atoms with Crippen molar-refractivity contribution in [3.63, 3.8) is 0 Å². The van der Waals surface area contributed by atoms with E-state index in [-0.39, 0.29) is 40.2 Å². The first-order valence-corrected chi connectivity index (χ1v) is 17.5. The Hall–Kier alpha value is -2.86. The molecule has 6 heteroatoms. The first-order chi connectivity index (χ1) is 21.3. The predicted octanol–water partition coefficient (Wildman–Crippen LogP) is 7.13. The molecule has 6 nitrogen and oxygen atoms in total. The maximum absolute atomic E-state index is 14.4. The van der Waals surface area contributed by atoms with Gasteiger partial charge in [-0.05, 0) is 121 Å². The van der Waals surface area contributed by atoms with Crippen LogP contribution in [-0.4, -0.2) is 36.1 Å². The lowest BCUT2D eigenvalue weighted by Crippen LogP contribution is -2.60. The number of aromatic hydroxyl groups is 1. The van der Waals surface area contributed by atoms with Crippen LogP contribution >= 0.6 is 0 Å². The molecule has 0 bridgehead atoms. The lowest BCUT2D eigenvalue weighted by molar-refractivity contribution is -0.150. The minimum Gasteiger partial charge on any atom is -0.508 e. The molecule has 244 valence electrons. The molecule has 0 radical (unpaired) electrons. The highest BCUT2D eigenvalue weighted by Crippen LogP contribution is 2.59. The maximum Gasteiger partial charge on any atom is 0.232 e. The molecule has 2 aromatic rings. The molecule has 0 heterocycles. The molecule has 4 aliphatic rings. The molecule has 3 N–H and O–H groups in total. The standard InChI is InChI=1S/C39H54N2O4/c1-25(2)40-21-22-45-29-14-10-27-12-16-33-37(4,31(27)24-29)18-8-20-39(33,6)35(44)41-34(43)38(5)19-7-17-36(3)30-23-28(42)13-9-26(30)11-15-32(36)38/h9-10,13-14,23-25,32-33,40,42H,7-8,11-12,15-22H2,1-6H3,(H,41,43,44)/t32-,33-,36-,37-,38+,39+/m1/s1. The first kappa shape index (κ1) is 32.1. The number of carbonyl (C=O) groups excluding carboxylic acids is 2. The van der Waals surface area contributed by atoms with Crippen molar-refractivity contribution in [2.24, 2.45) is 22.7 Å². The number of amides is 2. The number of ether oxygens (including phenoxy) is 1. The van der Waals surface area contributed by atoms with Crippen molar-refractivity contribution in [2.45, 2.75) is 123 Å². The van der Waals surface area contributed by atoms with Crippen LogP contribution in [0.15, 0.2) is 36.4 Å². The number of aryl methyl sites for hydroxylation is 2. The zero-order chi connectivity index (χ0) is 32.2. The van der Waals surface area contributed by atoms with E-state index in [1.54, 1.807) is 6.07 Å². The number of benzene rings is 2. The minimum atomic E-state index is -0.643. The Morgan fingerprint density at radius 2 is 1.36 bits per heavy atom. The normalized spacial score (nSPS) is 33.8. The quantitative estimate of drug-likeness (QED) is 0.228. The molecule has 6 rings (SSSR count). The summed E-state index contributed by atoms with van der Waals surface area (Å²) in [6, 6.07) is 12.7. The van der Waals surface area contributed by atoms with E-state index in [0.29, 0.717) is 12.6 Å². The Morgan fingerprint density at radius 3 is 1.91 bits per heavy atom. The molecule has 45 heavy (non-hydrogen) atoms. The molecule has 0 aliphatic heterocycles. The number of nitrogens with one attached hydrogen (secondary N) is 2. The zero-order valence-electron chi connectivity index (χ0n) is 28.4. The number of phenolic OH excluding ortho intramolecular Hbond substituents is 1. The number of imide groups is 1. The number of fused-ring (bicyclic) bond motifs is 6.